The van der Waals surface area contributed by atoms with Crippen molar-refractivity contribution in [3.05, 3.63) is 58.7 Å². The fraction of sp³-hybridized carbons (Fsp3) is 0.364. The number of hydrogen-bond acceptors (Lipinski definition) is 7. The number of benzene rings is 2. The molecular formula is C22H27N3O2S2. The second kappa shape index (κ2) is 10.2. The van der Waals surface area contributed by atoms with E-state index < -0.39 is 0 Å². The Morgan fingerprint density at radius 1 is 0.966 bits per heavy atom. The van der Waals surface area contributed by atoms with Crippen LogP contribution in [0.2, 0.25) is 0 Å². The number of carbonyl (C=O) groups excluding carboxylic acids is 2. The summed E-state index contributed by atoms with van der Waals surface area (Å²) in [5.74, 6) is 1.92. The lowest BCUT2D eigenvalue weighted by atomic mass is 9.82. The first-order valence-electron chi connectivity index (χ1n) is 9.82. The van der Waals surface area contributed by atoms with Crippen LogP contribution in [0, 0.1) is 0 Å². The Morgan fingerprint density at radius 3 is 2.34 bits per heavy atom. The predicted molar refractivity (Wildman–Crippen MR) is 125 cm³/mol. The molecule has 0 spiro atoms. The van der Waals surface area contributed by atoms with E-state index in [0.717, 1.165) is 37.6 Å². The first-order valence-corrected chi connectivity index (χ1v) is 12.3. The number of anilines is 2. The molecule has 0 bridgehead atoms. The van der Waals surface area contributed by atoms with Crippen molar-refractivity contribution in [3.8, 4) is 0 Å². The zero-order chi connectivity index (χ0) is 20.8. The third-order valence-electron chi connectivity index (χ3n) is 4.90. The number of ketones is 2. The monoisotopic (exact) mass is 429 g/mol. The topological polar surface area (TPSA) is 75.4 Å². The van der Waals surface area contributed by atoms with Gasteiger partial charge in [-0.25, -0.2) is 0 Å². The molecule has 154 valence electrons. The Labute approximate surface area is 180 Å². The van der Waals surface area contributed by atoms with Crippen LogP contribution in [0.15, 0.2) is 36.4 Å². The molecule has 7 heteroatoms. The number of carbonyl (C=O) groups is 2. The van der Waals surface area contributed by atoms with Crippen LogP contribution in [0.3, 0.4) is 0 Å². The van der Waals surface area contributed by atoms with E-state index in [-0.39, 0.29) is 11.6 Å². The number of fused-ring (bicyclic) bond motifs is 2. The lowest BCUT2D eigenvalue weighted by molar-refractivity contribution is 0.0980. The van der Waals surface area contributed by atoms with Crippen LogP contribution in [0.5, 0.6) is 0 Å². The molecular weight excluding hydrogens is 402 g/mol. The Balaban J connectivity index is 1.65. The molecule has 29 heavy (non-hydrogen) atoms. The summed E-state index contributed by atoms with van der Waals surface area (Å²) >= 11 is 0. The van der Waals surface area contributed by atoms with Gasteiger partial charge in [-0.2, -0.15) is 0 Å². The third kappa shape index (κ3) is 4.97. The second-order valence-electron chi connectivity index (χ2n) is 6.97. The van der Waals surface area contributed by atoms with Gasteiger partial charge in [-0.1, -0.05) is 52.8 Å². The van der Waals surface area contributed by atoms with Gasteiger partial charge in [0.05, 0.1) is 11.1 Å². The van der Waals surface area contributed by atoms with Crippen molar-refractivity contribution in [1.29, 1.82) is 0 Å². The lowest BCUT2D eigenvalue weighted by Crippen LogP contribution is -2.25. The molecule has 0 atom stereocenters. The maximum absolute atomic E-state index is 13.1. The van der Waals surface area contributed by atoms with E-state index in [9.17, 15) is 9.59 Å². The maximum atomic E-state index is 13.1. The van der Waals surface area contributed by atoms with Crippen LogP contribution in [-0.2, 0) is 0 Å². The Hall–Kier alpha value is -1.96. The van der Waals surface area contributed by atoms with Gasteiger partial charge in [0.2, 0.25) is 0 Å². The lowest BCUT2D eigenvalue weighted by Gasteiger charge is -2.22. The maximum Gasteiger partial charge on any atom is 0.196 e. The standard InChI is InChI=1S/C22H27N3O2S2/c1-3-28-29-14-13-25(2)12-6-11-24-18-10-9-17(23)19-20(18)22(27)16-8-5-4-7-15(16)21(19)26/h4-5,7-10,24H,3,6,11-14,23H2,1-2H3. The number of rotatable bonds is 10. The van der Waals surface area contributed by atoms with E-state index in [4.69, 9.17) is 5.73 Å². The summed E-state index contributed by atoms with van der Waals surface area (Å²) in [4.78, 5) is 28.3. The molecule has 5 nitrogen and oxygen atoms in total. The Morgan fingerprint density at radius 2 is 1.66 bits per heavy atom. The average molecular weight is 430 g/mol. The molecule has 0 unspecified atom stereocenters. The summed E-state index contributed by atoms with van der Waals surface area (Å²) in [6.45, 7) is 4.91. The molecule has 0 heterocycles. The SMILES string of the molecule is CCSSCCN(C)CCCNc1ccc(N)c2c1C(=O)c1ccccc1C2=O. The third-order valence-corrected chi connectivity index (χ3v) is 7.36. The van der Waals surface area contributed by atoms with Crippen molar-refractivity contribution in [2.24, 2.45) is 0 Å². The molecule has 0 amide bonds. The van der Waals surface area contributed by atoms with Gasteiger partial charge in [-0.05, 0) is 32.1 Å². The van der Waals surface area contributed by atoms with E-state index in [0.29, 0.717) is 33.6 Å². The molecule has 0 aliphatic heterocycles. The molecule has 3 rings (SSSR count). The smallest absolute Gasteiger partial charge is 0.196 e. The molecule has 0 saturated heterocycles. The van der Waals surface area contributed by atoms with E-state index in [1.54, 1.807) is 36.4 Å². The van der Waals surface area contributed by atoms with Gasteiger partial charge in [-0.3, -0.25) is 9.59 Å². The first-order chi connectivity index (χ1) is 14.0. The summed E-state index contributed by atoms with van der Waals surface area (Å²) in [7, 11) is 5.93. The van der Waals surface area contributed by atoms with Crippen molar-refractivity contribution in [1.82, 2.24) is 4.90 Å². The summed E-state index contributed by atoms with van der Waals surface area (Å²) in [6, 6.07) is 10.4. The molecule has 0 aromatic heterocycles. The molecule has 2 aromatic rings. The molecule has 2 aromatic carbocycles. The van der Waals surface area contributed by atoms with Gasteiger partial charge in [0.25, 0.3) is 0 Å². The Bertz CT molecular complexity index is 902. The number of nitrogens with one attached hydrogen (secondary N) is 1. The number of nitrogens with two attached hydrogens (primary N) is 1. The molecule has 3 N–H and O–H groups in total. The second-order valence-corrected chi connectivity index (χ2v) is 9.84. The zero-order valence-corrected chi connectivity index (χ0v) is 18.5. The zero-order valence-electron chi connectivity index (χ0n) is 16.9. The van der Waals surface area contributed by atoms with Crippen molar-refractivity contribution in [2.45, 2.75) is 13.3 Å². The molecule has 0 fully saturated rings. The highest BCUT2D eigenvalue weighted by molar-refractivity contribution is 8.76. The summed E-state index contributed by atoms with van der Waals surface area (Å²) in [5.41, 5.74) is 8.69. The van der Waals surface area contributed by atoms with E-state index >= 15 is 0 Å². The van der Waals surface area contributed by atoms with Crippen molar-refractivity contribution >= 4 is 44.5 Å². The van der Waals surface area contributed by atoms with Crippen molar-refractivity contribution in [3.63, 3.8) is 0 Å². The van der Waals surface area contributed by atoms with Crippen LogP contribution in [0.1, 0.15) is 45.2 Å². The van der Waals surface area contributed by atoms with Crippen LogP contribution in [0.4, 0.5) is 11.4 Å². The van der Waals surface area contributed by atoms with Crippen LogP contribution >= 0.6 is 21.6 Å². The van der Waals surface area contributed by atoms with Crippen LogP contribution in [0.25, 0.3) is 0 Å². The van der Waals surface area contributed by atoms with Gasteiger partial charge in [0, 0.05) is 47.1 Å². The van der Waals surface area contributed by atoms with Gasteiger partial charge >= 0.3 is 0 Å². The molecule has 1 aliphatic rings. The average Bonchev–Trinajstić information content (AvgIpc) is 2.73. The van der Waals surface area contributed by atoms with Gasteiger partial charge in [0.1, 0.15) is 0 Å². The highest BCUT2D eigenvalue weighted by Crippen LogP contribution is 2.35. The van der Waals surface area contributed by atoms with Gasteiger partial charge in [-0.15, -0.1) is 0 Å². The summed E-state index contributed by atoms with van der Waals surface area (Å²) in [6.07, 6.45) is 0.944. The fourth-order valence-corrected chi connectivity index (χ4v) is 5.16. The minimum atomic E-state index is -0.182. The van der Waals surface area contributed by atoms with Gasteiger partial charge < -0.3 is 16.0 Å². The normalized spacial score (nSPS) is 12.8. The van der Waals surface area contributed by atoms with Crippen molar-refractivity contribution < 1.29 is 9.59 Å². The quantitative estimate of drug-likeness (QED) is 0.284. The van der Waals surface area contributed by atoms with Crippen LogP contribution < -0.4 is 11.1 Å². The number of nitrogen functional groups attached to an aromatic ring is 1. The van der Waals surface area contributed by atoms with Crippen molar-refractivity contribution in [2.75, 3.05) is 49.2 Å². The van der Waals surface area contributed by atoms with E-state index in [2.05, 4.69) is 24.2 Å². The highest BCUT2D eigenvalue weighted by atomic mass is 33.1. The highest BCUT2D eigenvalue weighted by Gasteiger charge is 2.33. The van der Waals surface area contributed by atoms with E-state index in [1.807, 2.05) is 21.6 Å². The molecule has 0 saturated carbocycles. The van der Waals surface area contributed by atoms with Gasteiger partial charge in [0.15, 0.2) is 11.6 Å². The number of hydrogen-bond donors (Lipinski definition) is 2. The summed E-state index contributed by atoms with van der Waals surface area (Å²) in [5, 5.41) is 3.35. The number of nitrogens with zero attached hydrogens (tertiary/aromatic N) is 1. The minimum Gasteiger partial charge on any atom is -0.398 e. The van der Waals surface area contributed by atoms with Crippen LogP contribution in [-0.4, -0.2) is 54.7 Å². The summed E-state index contributed by atoms with van der Waals surface area (Å²) < 4.78 is 0. The largest absolute Gasteiger partial charge is 0.398 e. The van der Waals surface area contributed by atoms with E-state index in [1.165, 1.54) is 0 Å². The minimum absolute atomic E-state index is 0.146. The Kier molecular flexibility index (Phi) is 7.64. The first kappa shape index (κ1) is 21.7. The fourth-order valence-electron chi connectivity index (χ4n) is 3.41. The molecule has 1 aliphatic carbocycles. The molecule has 0 radical (unpaired) electrons. The predicted octanol–water partition coefficient (Wildman–Crippen LogP) is 4.18.